The molecule has 2 aliphatic rings. The van der Waals surface area contributed by atoms with Crippen molar-refractivity contribution in [1.29, 1.82) is 0 Å². The van der Waals surface area contributed by atoms with Gasteiger partial charge in [0.15, 0.2) is 0 Å². The Morgan fingerprint density at radius 1 is 0.632 bits per heavy atom. The Hall–Kier alpha value is -1.96. The summed E-state index contributed by atoms with van der Waals surface area (Å²) < 4.78 is 2.33. The molecule has 0 aliphatic heterocycles. The van der Waals surface area contributed by atoms with Gasteiger partial charge in [-0.05, 0) is 0 Å². The second kappa shape index (κ2) is 12.1. The van der Waals surface area contributed by atoms with E-state index in [4.69, 9.17) is 0 Å². The summed E-state index contributed by atoms with van der Waals surface area (Å²) in [5, 5.41) is 3.20. The maximum Gasteiger partial charge on any atom is -1.00 e. The van der Waals surface area contributed by atoms with Crippen LogP contribution < -0.4 is 35.2 Å². The van der Waals surface area contributed by atoms with Crippen LogP contribution in [0.3, 0.4) is 0 Å². The van der Waals surface area contributed by atoms with Crippen molar-refractivity contribution in [2.24, 2.45) is 0 Å². The Morgan fingerprint density at radius 3 is 1.58 bits per heavy atom. The fourth-order valence-electron chi connectivity index (χ4n) is 6.03. The van der Waals surface area contributed by atoms with Crippen molar-refractivity contribution in [1.82, 2.24) is 0 Å². The van der Waals surface area contributed by atoms with Crippen molar-refractivity contribution >= 4 is 15.8 Å². The summed E-state index contributed by atoms with van der Waals surface area (Å²) in [5.41, 5.74) is 10.7. The number of hydrogen-bond acceptors (Lipinski definition) is 0. The predicted molar refractivity (Wildman–Crippen MR) is 152 cm³/mol. The zero-order valence-corrected chi connectivity index (χ0v) is 27.3. The summed E-state index contributed by atoms with van der Waals surface area (Å²) >= 11 is -2.39. The third kappa shape index (κ3) is 5.39. The number of allylic oxidation sites excluding steroid dienone is 4. The molecule has 0 fully saturated rings. The summed E-state index contributed by atoms with van der Waals surface area (Å²) in [4.78, 5) is 0. The fourth-order valence-corrected chi connectivity index (χ4v) is 28.3. The molecule has 0 bridgehead atoms. The van der Waals surface area contributed by atoms with Crippen molar-refractivity contribution < 1.29 is 45.2 Å². The molecule has 0 saturated carbocycles. The van der Waals surface area contributed by atoms with E-state index in [1.165, 1.54) is 33.4 Å². The average Bonchev–Trinajstić information content (AvgIpc) is 3.49. The molecular weight excluding hydrogens is 599 g/mol. The molecule has 0 nitrogen and oxygen atoms in total. The van der Waals surface area contributed by atoms with Gasteiger partial charge in [0.2, 0.25) is 0 Å². The second-order valence-electron chi connectivity index (χ2n) is 10.5. The molecule has 0 N–H and O–H groups in total. The van der Waals surface area contributed by atoms with Crippen molar-refractivity contribution in [2.75, 3.05) is 0 Å². The molecule has 0 aromatic heterocycles. The molecule has 2 aliphatic carbocycles. The monoisotopic (exact) mass is 628 g/mol. The van der Waals surface area contributed by atoms with Gasteiger partial charge in [0.1, 0.15) is 0 Å². The molecular formula is C34H32Cl2SiZr. The predicted octanol–water partition coefficient (Wildman–Crippen LogP) is 1.27. The maximum atomic E-state index is 2.52. The van der Waals surface area contributed by atoms with Crippen LogP contribution in [0.25, 0.3) is 11.1 Å². The molecule has 0 amide bonds. The van der Waals surface area contributed by atoms with Gasteiger partial charge in [-0.25, -0.2) is 0 Å². The van der Waals surface area contributed by atoms with E-state index in [2.05, 4.69) is 131 Å². The van der Waals surface area contributed by atoms with Crippen LogP contribution in [0.4, 0.5) is 0 Å². The molecule has 0 unspecified atom stereocenters. The first-order chi connectivity index (χ1) is 17.5. The van der Waals surface area contributed by atoms with Gasteiger partial charge in [-0.2, -0.15) is 0 Å². The average molecular weight is 631 g/mol. The zero-order valence-electron chi connectivity index (χ0n) is 22.4. The van der Waals surface area contributed by atoms with Gasteiger partial charge in [-0.1, -0.05) is 0 Å². The van der Waals surface area contributed by atoms with Crippen molar-refractivity contribution in [3.8, 4) is 11.1 Å². The summed E-state index contributed by atoms with van der Waals surface area (Å²) in [5.74, 6) is 0. The van der Waals surface area contributed by atoms with E-state index in [-0.39, 0.29) is 24.8 Å². The maximum absolute atomic E-state index is 2.52. The normalized spacial score (nSPS) is 13.0. The Labute approximate surface area is 247 Å². The molecule has 0 radical (unpaired) electrons. The minimum absolute atomic E-state index is 0. The van der Waals surface area contributed by atoms with Crippen LogP contribution in [0.1, 0.15) is 43.4 Å². The van der Waals surface area contributed by atoms with Gasteiger partial charge in [0, 0.05) is 0 Å². The van der Waals surface area contributed by atoms with E-state index in [1.54, 1.807) is 24.8 Å². The summed E-state index contributed by atoms with van der Waals surface area (Å²) in [6.07, 6.45) is 8.36. The number of hydrogen-bond donors (Lipinski definition) is 0. The van der Waals surface area contributed by atoms with Gasteiger partial charge in [0.05, 0.1) is 0 Å². The minimum Gasteiger partial charge on any atom is -1.00 e. The molecule has 4 aromatic rings. The Morgan fingerprint density at radius 2 is 1.13 bits per heavy atom. The number of halogens is 2. The van der Waals surface area contributed by atoms with Gasteiger partial charge >= 0.3 is 225 Å². The van der Waals surface area contributed by atoms with Gasteiger partial charge in [-0.3, -0.25) is 0 Å². The molecule has 6 rings (SSSR count). The van der Waals surface area contributed by atoms with E-state index in [9.17, 15) is 0 Å². The summed E-state index contributed by atoms with van der Waals surface area (Å²) in [7, 11) is 0. The van der Waals surface area contributed by atoms with Crippen LogP contribution in [0.5, 0.6) is 0 Å². The quantitative estimate of drug-likeness (QED) is 0.298. The van der Waals surface area contributed by atoms with E-state index < -0.39 is 25.8 Å². The van der Waals surface area contributed by atoms with Crippen LogP contribution in [-0.4, -0.2) is 5.43 Å². The van der Waals surface area contributed by atoms with E-state index in [1.807, 2.05) is 0 Å². The first kappa shape index (κ1) is 29.0. The first-order valence-electron chi connectivity index (χ1n) is 13.0. The number of rotatable bonds is 4. The molecule has 4 heteroatoms. The molecule has 190 valence electrons. The third-order valence-electron chi connectivity index (χ3n) is 7.62. The SMILES string of the molecule is Cc1cccc([Si](c2cccc(C)c2)=[Zr+2]([C]2=CC=CC2)[CH]2c3cc(C)ccc3-c3ccc(C)cc32)c1.[Cl-].[Cl-]. The summed E-state index contributed by atoms with van der Waals surface area (Å²) in [6.45, 7) is 9.03. The molecule has 0 atom stereocenters. The largest absolute Gasteiger partial charge is 1.00 e. The minimum atomic E-state index is -2.39. The number of fused-ring (bicyclic) bond motifs is 3. The van der Waals surface area contributed by atoms with Crippen LogP contribution in [-0.2, 0) is 20.4 Å². The Bertz CT molecular complexity index is 1510. The van der Waals surface area contributed by atoms with E-state index >= 15 is 0 Å². The molecule has 38 heavy (non-hydrogen) atoms. The van der Waals surface area contributed by atoms with Crippen LogP contribution >= 0.6 is 0 Å². The smallest absolute Gasteiger partial charge is 1.00 e. The van der Waals surface area contributed by atoms with Gasteiger partial charge < -0.3 is 24.8 Å². The zero-order chi connectivity index (χ0) is 24.8. The van der Waals surface area contributed by atoms with Crippen molar-refractivity contribution in [3.63, 3.8) is 0 Å². The van der Waals surface area contributed by atoms with E-state index in [0.29, 0.717) is 3.63 Å². The van der Waals surface area contributed by atoms with Crippen molar-refractivity contribution in [2.45, 2.75) is 37.7 Å². The molecule has 0 heterocycles. The number of aryl methyl sites for hydroxylation is 4. The fraction of sp³-hybridized carbons (Fsp3) is 0.176. The standard InChI is InChI=1S/C15H13.C14H14Si.C5H5.2ClH.Zr/c1-10-3-5-14-12(7-10)9-13-8-11(2)4-6-15(13)14;1-11-5-3-7-13(9-11)15-14-8-4-6-12(2)10-14;1-2-4-5-3-1;;;/h3-9H,1-2H3;3-10H,1-2H3;1-3H,4H2;2*1H;/q;;;;;+2/p-2. The molecule has 0 spiro atoms. The van der Waals surface area contributed by atoms with Crippen LogP contribution in [0.15, 0.2) is 106 Å². The van der Waals surface area contributed by atoms with Crippen LogP contribution in [0.2, 0.25) is 0 Å². The first-order valence-corrected chi connectivity index (χ1v) is 20.8. The van der Waals surface area contributed by atoms with Gasteiger partial charge in [0.25, 0.3) is 0 Å². The molecule has 4 aromatic carbocycles. The topological polar surface area (TPSA) is 0 Å². The van der Waals surface area contributed by atoms with Crippen molar-refractivity contribution in [3.05, 3.63) is 140 Å². The Kier molecular flexibility index (Phi) is 9.21. The number of benzene rings is 4. The Balaban J connectivity index is 0.00000168. The third-order valence-corrected chi connectivity index (χ3v) is 27.3. The van der Waals surface area contributed by atoms with Crippen LogP contribution in [0, 0.1) is 27.7 Å². The van der Waals surface area contributed by atoms with E-state index in [0.717, 1.165) is 6.42 Å². The molecule has 0 saturated heterocycles. The second-order valence-corrected chi connectivity index (χ2v) is 24.3. The van der Waals surface area contributed by atoms with Gasteiger partial charge in [-0.15, -0.1) is 0 Å². The summed E-state index contributed by atoms with van der Waals surface area (Å²) in [6, 6.07) is 33.4.